The van der Waals surface area contributed by atoms with Crippen molar-refractivity contribution in [2.24, 2.45) is 0 Å². The molecule has 4 amide bonds. The number of carbonyl (C=O) groups is 3. The number of benzene rings is 1. The van der Waals surface area contributed by atoms with Crippen molar-refractivity contribution in [3.05, 3.63) is 35.4 Å². The maximum atomic E-state index is 12.8. The lowest BCUT2D eigenvalue weighted by Gasteiger charge is -2.22. The van der Waals surface area contributed by atoms with E-state index in [-0.39, 0.29) is 18.5 Å². The summed E-state index contributed by atoms with van der Waals surface area (Å²) in [5.74, 6) is -0.789. The van der Waals surface area contributed by atoms with Crippen LogP contribution in [-0.2, 0) is 15.1 Å². The number of imide groups is 1. The monoisotopic (exact) mass is 340 g/mol. The number of hydrogen-bond donors (Lipinski definition) is 2. The average molecular weight is 340 g/mol. The summed E-state index contributed by atoms with van der Waals surface area (Å²) >= 11 is 0. The Kier molecular flexibility index (Phi) is 4.45. The van der Waals surface area contributed by atoms with Gasteiger partial charge in [-0.05, 0) is 37.5 Å². The molecule has 0 spiro atoms. The highest BCUT2D eigenvalue weighted by atomic mass is 16.2. The van der Waals surface area contributed by atoms with E-state index in [2.05, 4.69) is 10.6 Å². The van der Waals surface area contributed by atoms with E-state index in [4.69, 9.17) is 5.26 Å². The molecule has 1 aromatic rings. The van der Waals surface area contributed by atoms with Gasteiger partial charge in [-0.2, -0.15) is 5.26 Å². The van der Waals surface area contributed by atoms with Crippen molar-refractivity contribution in [2.75, 3.05) is 6.54 Å². The number of nitriles is 1. The maximum Gasteiger partial charge on any atom is 0.325 e. The molecule has 3 rings (SSSR count). The van der Waals surface area contributed by atoms with E-state index in [1.54, 1.807) is 31.2 Å². The molecular formula is C18H20N4O3. The van der Waals surface area contributed by atoms with Crippen LogP contribution in [0, 0.1) is 11.3 Å². The molecule has 1 atom stereocenters. The fourth-order valence-corrected chi connectivity index (χ4v) is 3.40. The minimum absolute atomic E-state index is 0.137. The third kappa shape index (κ3) is 3.20. The molecule has 1 aliphatic heterocycles. The molecule has 0 bridgehead atoms. The minimum Gasteiger partial charge on any atom is -0.352 e. The standard InChI is InChI=1S/C18H20N4O3/c1-18(13-8-6-12(10-19)7-9-13)16(24)22(17(25)21-18)11-15(23)20-14-4-2-3-5-14/h6-9,14H,2-5,11H2,1H3,(H,20,23)(H,21,25). The van der Waals surface area contributed by atoms with E-state index in [1.807, 2.05) is 6.07 Å². The van der Waals surface area contributed by atoms with Gasteiger partial charge >= 0.3 is 6.03 Å². The normalized spacial score (nSPS) is 23.4. The fourth-order valence-electron chi connectivity index (χ4n) is 3.40. The van der Waals surface area contributed by atoms with E-state index in [9.17, 15) is 14.4 Å². The number of hydrogen-bond acceptors (Lipinski definition) is 4. The third-order valence-electron chi connectivity index (χ3n) is 4.89. The summed E-state index contributed by atoms with van der Waals surface area (Å²) in [5, 5.41) is 14.4. The van der Waals surface area contributed by atoms with Crippen molar-refractivity contribution in [1.82, 2.24) is 15.5 Å². The molecule has 1 saturated carbocycles. The lowest BCUT2D eigenvalue weighted by atomic mass is 9.91. The minimum atomic E-state index is -1.24. The van der Waals surface area contributed by atoms with E-state index < -0.39 is 17.5 Å². The van der Waals surface area contributed by atoms with Crippen LogP contribution < -0.4 is 10.6 Å². The summed E-state index contributed by atoms with van der Waals surface area (Å²) < 4.78 is 0. The maximum absolute atomic E-state index is 12.8. The number of carbonyl (C=O) groups excluding carboxylic acids is 3. The Bertz CT molecular complexity index is 747. The van der Waals surface area contributed by atoms with Crippen molar-refractivity contribution in [3.8, 4) is 6.07 Å². The van der Waals surface area contributed by atoms with Gasteiger partial charge in [0.05, 0.1) is 11.6 Å². The molecular weight excluding hydrogens is 320 g/mol. The van der Waals surface area contributed by atoms with Gasteiger partial charge in [0.15, 0.2) is 0 Å². The zero-order chi connectivity index (χ0) is 18.0. The van der Waals surface area contributed by atoms with Gasteiger partial charge in [-0.1, -0.05) is 25.0 Å². The average Bonchev–Trinajstić information content (AvgIpc) is 3.18. The Morgan fingerprint density at radius 3 is 2.56 bits per heavy atom. The number of amides is 4. The number of nitrogens with one attached hydrogen (secondary N) is 2. The second-order valence-corrected chi connectivity index (χ2v) is 6.68. The fraction of sp³-hybridized carbons (Fsp3) is 0.444. The second-order valence-electron chi connectivity index (χ2n) is 6.68. The molecule has 1 unspecified atom stereocenters. The van der Waals surface area contributed by atoms with Crippen LogP contribution in [0.15, 0.2) is 24.3 Å². The van der Waals surface area contributed by atoms with Gasteiger partial charge < -0.3 is 10.6 Å². The summed E-state index contributed by atoms with van der Waals surface area (Å²) in [6.07, 6.45) is 4.05. The predicted molar refractivity (Wildman–Crippen MR) is 89.2 cm³/mol. The molecule has 2 fully saturated rings. The zero-order valence-electron chi connectivity index (χ0n) is 14.0. The summed E-state index contributed by atoms with van der Waals surface area (Å²) in [7, 11) is 0. The van der Waals surface area contributed by atoms with Gasteiger partial charge in [-0.3, -0.25) is 14.5 Å². The van der Waals surface area contributed by atoms with Crippen LogP contribution in [0.4, 0.5) is 4.79 Å². The quantitative estimate of drug-likeness (QED) is 0.808. The molecule has 130 valence electrons. The van der Waals surface area contributed by atoms with E-state index in [1.165, 1.54) is 0 Å². The molecule has 25 heavy (non-hydrogen) atoms. The Balaban J connectivity index is 1.72. The van der Waals surface area contributed by atoms with Crippen LogP contribution >= 0.6 is 0 Å². The molecule has 2 aliphatic rings. The second kappa shape index (κ2) is 6.55. The molecule has 1 aliphatic carbocycles. The highest BCUT2D eigenvalue weighted by molar-refractivity contribution is 6.09. The van der Waals surface area contributed by atoms with E-state index in [0.717, 1.165) is 30.6 Å². The zero-order valence-corrected chi connectivity index (χ0v) is 14.0. The molecule has 1 heterocycles. The van der Waals surface area contributed by atoms with Gasteiger partial charge in [0.2, 0.25) is 5.91 Å². The lowest BCUT2D eigenvalue weighted by molar-refractivity contribution is -0.135. The Morgan fingerprint density at radius 2 is 1.96 bits per heavy atom. The largest absolute Gasteiger partial charge is 0.352 e. The summed E-state index contributed by atoms with van der Waals surface area (Å²) in [6, 6.07) is 8.02. The number of rotatable bonds is 4. The Hall–Kier alpha value is -2.88. The molecule has 0 aromatic heterocycles. The van der Waals surface area contributed by atoms with Gasteiger partial charge in [-0.15, -0.1) is 0 Å². The topological polar surface area (TPSA) is 102 Å². The van der Waals surface area contributed by atoms with E-state index in [0.29, 0.717) is 11.1 Å². The summed E-state index contributed by atoms with van der Waals surface area (Å²) in [5.41, 5.74) is -0.195. The predicted octanol–water partition coefficient (Wildman–Crippen LogP) is 1.38. The van der Waals surface area contributed by atoms with Crippen LogP contribution in [0.2, 0.25) is 0 Å². The van der Waals surface area contributed by atoms with Gasteiger partial charge in [0.1, 0.15) is 12.1 Å². The lowest BCUT2D eigenvalue weighted by Crippen LogP contribution is -2.45. The number of nitrogens with zero attached hydrogens (tertiary/aromatic N) is 2. The highest BCUT2D eigenvalue weighted by Crippen LogP contribution is 2.29. The molecule has 7 heteroatoms. The van der Waals surface area contributed by atoms with Crippen LogP contribution in [-0.4, -0.2) is 35.3 Å². The summed E-state index contributed by atoms with van der Waals surface area (Å²) in [6.45, 7) is 1.32. The Morgan fingerprint density at radius 1 is 1.32 bits per heavy atom. The van der Waals surface area contributed by atoms with Gasteiger partial charge in [-0.25, -0.2) is 4.79 Å². The van der Waals surface area contributed by atoms with Crippen molar-refractivity contribution in [2.45, 2.75) is 44.2 Å². The van der Waals surface area contributed by atoms with Crippen molar-refractivity contribution < 1.29 is 14.4 Å². The molecule has 1 saturated heterocycles. The number of urea groups is 1. The third-order valence-corrected chi connectivity index (χ3v) is 4.89. The smallest absolute Gasteiger partial charge is 0.325 e. The van der Waals surface area contributed by atoms with Crippen LogP contribution in [0.3, 0.4) is 0 Å². The van der Waals surface area contributed by atoms with Crippen molar-refractivity contribution in [1.29, 1.82) is 5.26 Å². The van der Waals surface area contributed by atoms with Crippen LogP contribution in [0.1, 0.15) is 43.7 Å². The van der Waals surface area contributed by atoms with Gasteiger partial charge in [0.25, 0.3) is 5.91 Å². The SMILES string of the molecule is CC1(c2ccc(C#N)cc2)NC(=O)N(CC(=O)NC2CCCC2)C1=O. The highest BCUT2D eigenvalue weighted by Gasteiger charge is 2.49. The van der Waals surface area contributed by atoms with Crippen LogP contribution in [0.5, 0.6) is 0 Å². The van der Waals surface area contributed by atoms with E-state index >= 15 is 0 Å². The first-order valence-corrected chi connectivity index (χ1v) is 8.38. The van der Waals surface area contributed by atoms with Crippen molar-refractivity contribution >= 4 is 17.8 Å². The van der Waals surface area contributed by atoms with Crippen LogP contribution in [0.25, 0.3) is 0 Å². The molecule has 0 radical (unpaired) electrons. The molecule has 1 aromatic carbocycles. The first-order chi connectivity index (χ1) is 11.9. The summed E-state index contributed by atoms with van der Waals surface area (Å²) in [4.78, 5) is 38.1. The Labute approximate surface area is 146 Å². The first-order valence-electron chi connectivity index (χ1n) is 8.38. The first kappa shape index (κ1) is 17.0. The molecule has 2 N–H and O–H groups in total. The van der Waals surface area contributed by atoms with Gasteiger partial charge in [0, 0.05) is 6.04 Å². The van der Waals surface area contributed by atoms with Crippen molar-refractivity contribution in [3.63, 3.8) is 0 Å². The molecule has 7 nitrogen and oxygen atoms in total.